The van der Waals surface area contributed by atoms with Gasteiger partial charge in [-0.25, -0.2) is 4.79 Å². The Morgan fingerprint density at radius 2 is 1.86 bits per heavy atom. The second-order valence-electron chi connectivity index (χ2n) is 4.32. The third-order valence-electron chi connectivity index (χ3n) is 2.78. The van der Waals surface area contributed by atoms with Crippen LogP contribution in [0.15, 0.2) is 12.1 Å². The maximum absolute atomic E-state index is 12.0. The number of carbonyl (C=O) groups is 2. The summed E-state index contributed by atoms with van der Waals surface area (Å²) >= 11 is 0. The molecule has 0 aromatic heterocycles. The molecule has 0 fully saturated rings. The van der Waals surface area contributed by atoms with E-state index in [4.69, 9.17) is 5.11 Å². The first-order chi connectivity index (χ1) is 10.3. The van der Waals surface area contributed by atoms with Gasteiger partial charge < -0.3 is 10.4 Å². The van der Waals surface area contributed by atoms with E-state index in [1.54, 1.807) is 0 Å². The van der Waals surface area contributed by atoms with Crippen molar-refractivity contribution >= 4 is 23.3 Å². The van der Waals surface area contributed by atoms with E-state index in [0.29, 0.717) is 12.5 Å². The molecule has 0 spiro atoms. The molecule has 10 nitrogen and oxygen atoms in total. The van der Waals surface area contributed by atoms with Crippen LogP contribution in [0.3, 0.4) is 0 Å². The molecular weight excluding hydrogens is 298 g/mol. The Morgan fingerprint density at radius 3 is 2.32 bits per heavy atom. The molecule has 0 heterocycles. The third kappa shape index (κ3) is 3.75. The highest BCUT2D eigenvalue weighted by Gasteiger charge is 2.31. The number of nitrogens with one attached hydrogen (secondary N) is 1. The number of aromatic carboxylic acids is 1. The summed E-state index contributed by atoms with van der Waals surface area (Å²) < 4.78 is 0. The predicted molar refractivity (Wildman–Crippen MR) is 74.0 cm³/mol. The number of hydrogen-bond acceptors (Lipinski definition) is 6. The molecule has 0 saturated carbocycles. The number of rotatable bonds is 7. The summed E-state index contributed by atoms with van der Waals surface area (Å²) in [4.78, 5) is 42.9. The number of carbonyl (C=O) groups excluding carboxylic acids is 1. The highest BCUT2D eigenvalue weighted by atomic mass is 16.6. The van der Waals surface area contributed by atoms with Gasteiger partial charge in [0.15, 0.2) is 5.56 Å². The minimum absolute atomic E-state index is 0.227. The Morgan fingerprint density at radius 1 is 1.23 bits per heavy atom. The van der Waals surface area contributed by atoms with E-state index in [0.717, 1.165) is 12.5 Å². The van der Waals surface area contributed by atoms with Crippen molar-refractivity contribution < 1.29 is 24.5 Å². The van der Waals surface area contributed by atoms with Crippen LogP contribution >= 0.6 is 0 Å². The molecular formula is C12H13N3O7. The average Bonchev–Trinajstić information content (AvgIpc) is 2.45. The number of hydrogen-bond donors (Lipinski definition) is 2. The van der Waals surface area contributed by atoms with Crippen LogP contribution in [-0.4, -0.2) is 33.4 Å². The van der Waals surface area contributed by atoms with Gasteiger partial charge in [0.25, 0.3) is 17.3 Å². The van der Waals surface area contributed by atoms with Crippen molar-refractivity contribution in [2.45, 2.75) is 19.8 Å². The van der Waals surface area contributed by atoms with Crippen LogP contribution in [0.25, 0.3) is 0 Å². The molecule has 0 aliphatic heterocycles. The Kier molecular flexibility index (Phi) is 5.50. The van der Waals surface area contributed by atoms with Gasteiger partial charge in [-0.05, 0) is 6.42 Å². The fourth-order valence-corrected chi connectivity index (χ4v) is 1.74. The molecule has 0 saturated heterocycles. The molecule has 2 N–H and O–H groups in total. The number of carboxylic acid groups (broad SMARTS) is 1. The van der Waals surface area contributed by atoms with Crippen molar-refractivity contribution in [1.82, 2.24) is 5.32 Å². The van der Waals surface area contributed by atoms with Crippen LogP contribution in [-0.2, 0) is 0 Å². The van der Waals surface area contributed by atoms with E-state index in [-0.39, 0.29) is 6.54 Å². The summed E-state index contributed by atoms with van der Waals surface area (Å²) in [5.41, 5.74) is -3.20. The Hall–Kier alpha value is -3.04. The van der Waals surface area contributed by atoms with E-state index in [1.807, 2.05) is 6.92 Å². The Bertz CT molecular complexity index is 642. The fourth-order valence-electron chi connectivity index (χ4n) is 1.74. The van der Waals surface area contributed by atoms with E-state index in [1.165, 1.54) is 0 Å². The number of non-ortho nitro benzene ring substituents is 1. The van der Waals surface area contributed by atoms with Crippen molar-refractivity contribution in [3.8, 4) is 0 Å². The van der Waals surface area contributed by atoms with E-state index >= 15 is 0 Å². The van der Waals surface area contributed by atoms with Crippen molar-refractivity contribution in [3.05, 3.63) is 43.5 Å². The minimum atomic E-state index is -1.71. The maximum atomic E-state index is 12.0. The fraction of sp³-hybridized carbons (Fsp3) is 0.333. The van der Waals surface area contributed by atoms with Crippen LogP contribution in [0.1, 0.15) is 40.5 Å². The van der Waals surface area contributed by atoms with Crippen LogP contribution < -0.4 is 5.32 Å². The maximum Gasteiger partial charge on any atom is 0.343 e. The number of nitro benzene ring substituents is 2. The zero-order valence-electron chi connectivity index (χ0n) is 11.6. The predicted octanol–water partition coefficient (Wildman–Crippen LogP) is 1.73. The molecule has 0 unspecified atom stereocenters. The molecule has 0 radical (unpaired) electrons. The molecule has 10 heteroatoms. The molecule has 118 valence electrons. The smallest absolute Gasteiger partial charge is 0.343 e. The number of nitro groups is 2. The number of nitrogens with zero attached hydrogens (tertiary/aromatic N) is 2. The van der Waals surface area contributed by atoms with Crippen LogP contribution in [0, 0.1) is 20.2 Å². The van der Waals surface area contributed by atoms with Gasteiger partial charge in [-0.3, -0.25) is 25.0 Å². The second-order valence-corrected chi connectivity index (χ2v) is 4.32. The van der Waals surface area contributed by atoms with Crippen molar-refractivity contribution in [2.24, 2.45) is 0 Å². The van der Waals surface area contributed by atoms with Crippen molar-refractivity contribution in [2.75, 3.05) is 6.54 Å². The van der Waals surface area contributed by atoms with E-state index in [9.17, 15) is 29.8 Å². The van der Waals surface area contributed by atoms with Crippen molar-refractivity contribution in [1.29, 1.82) is 0 Å². The molecule has 22 heavy (non-hydrogen) atoms. The Labute approximate surface area is 124 Å². The van der Waals surface area contributed by atoms with Gasteiger partial charge in [-0.2, -0.15) is 0 Å². The first-order valence-corrected chi connectivity index (χ1v) is 6.27. The second kappa shape index (κ2) is 7.11. The summed E-state index contributed by atoms with van der Waals surface area (Å²) in [5.74, 6) is -2.61. The lowest BCUT2D eigenvalue weighted by Crippen LogP contribution is -2.27. The average molecular weight is 311 g/mol. The summed E-state index contributed by atoms with van der Waals surface area (Å²) in [6, 6.07) is 1.24. The lowest BCUT2D eigenvalue weighted by Gasteiger charge is -2.08. The monoisotopic (exact) mass is 311 g/mol. The van der Waals surface area contributed by atoms with Gasteiger partial charge in [-0.1, -0.05) is 13.3 Å². The largest absolute Gasteiger partial charge is 0.477 e. The lowest BCUT2D eigenvalue weighted by molar-refractivity contribution is -0.394. The summed E-state index contributed by atoms with van der Waals surface area (Å²) in [6.45, 7) is 2.10. The highest BCUT2D eigenvalue weighted by molar-refractivity contribution is 6.08. The number of carboxylic acids is 1. The van der Waals surface area contributed by atoms with Crippen molar-refractivity contribution in [3.63, 3.8) is 0 Å². The molecule has 0 aliphatic rings. The number of unbranched alkanes of at least 4 members (excludes halogenated alkanes) is 1. The van der Waals surface area contributed by atoms with E-state index < -0.39 is 44.2 Å². The van der Waals surface area contributed by atoms with Crippen LogP contribution in [0.4, 0.5) is 11.4 Å². The van der Waals surface area contributed by atoms with Gasteiger partial charge in [0, 0.05) is 12.6 Å². The zero-order chi connectivity index (χ0) is 16.9. The third-order valence-corrected chi connectivity index (χ3v) is 2.78. The van der Waals surface area contributed by atoms with Gasteiger partial charge in [-0.15, -0.1) is 0 Å². The normalized spacial score (nSPS) is 10.0. The summed E-state index contributed by atoms with van der Waals surface area (Å²) in [5, 5.41) is 33.2. The number of amides is 1. The molecule has 0 bridgehead atoms. The van der Waals surface area contributed by atoms with Crippen LogP contribution in [0.5, 0.6) is 0 Å². The number of benzene rings is 1. The molecule has 1 aromatic carbocycles. The zero-order valence-corrected chi connectivity index (χ0v) is 11.6. The SMILES string of the molecule is CCCCNC(=O)c1cc([N+](=O)[O-])cc([N+](=O)[O-])c1C(=O)O. The topological polar surface area (TPSA) is 153 Å². The van der Waals surface area contributed by atoms with Crippen LogP contribution in [0.2, 0.25) is 0 Å². The van der Waals surface area contributed by atoms with Gasteiger partial charge in [0.05, 0.1) is 21.5 Å². The minimum Gasteiger partial charge on any atom is -0.477 e. The van der Waals surface area contributed by atoms with Gasteiger partial charge in [0.2, 0.25) is 0 Å². The Balaban J connectivity index is 3.44. The molecule has 1 rings (SSSR count). The summed E-state index contributed by atoms with van der Waals surface area (Å²) in [6.07, 6.45) is 1.38. The molecule has 0 atom stereocenters. The lowest BCUT2D eigenvalue weighted by atomic mass is 10.0. The van der Waals surface area contributed by atoms with E-state index in [2.05, 4.69) is 5.32 Å². The molecule has 1 amide bonds. The molecule has 1 aromatic rings. The highest BCUT2D eigenvalue weighted by Crippen LogP contribution is 2.28. The molecule has 0 aliphatic carbocycles. The van der Waals surface area contributed by atoms with Gasteiger partial charge >= 0.3 is 5.97 Å². The quantitative estimate of drug-likeness (QED) is 0.441. The van der Waals surface area contributed by atoms with Gasteiger partial charge in [0.1, 0.15) is 0 Å². The first kappa shape index (κ1) is 17.0. The summed E-state index contributed by atoms with van der Waals surface area (Å²) in [7, 11) is 0. The first-order valence-electron chi connectivity index (χ1n) is 6.27. The standard InChI is InChI=1S/C12H13N3O7/c1-2-3-4-13-11(16)8-5-7(14(19)20)6-9(15(21)22)10(8)12(17)18/h5-6H,2-4H2,1H3,(H,13,16)(H,17,18).